The molecule has 0 saturated heterocycles. The van der Waals surface area contributed by atoms with Gasteiger partial charge in [-0.3, -0.25) is 0 Å². The van der Waals surface area contributed by atoms with E-state index in [2.05, 4.69) is 105 Å². The van der Waals surface area contributed by atoms with Crippen LogP contribution in [0.3, 0.4) is 0 Å². The molecule has 152 valence electrons. The number of hydrogen-bond donors (Lipinski definition) is 0. The molecule has 0 aliphatic heterocycles. The predicted octanol–water partition coefficient (Wildman–Crippen LogP) is 7.65. The van der Waals surface area contributed by atoms with Gasteiger partial charge in [0.25, 0.3) is 0 Å². The zero-order valence-corrected chi connectivity index (χ0v) is 20.1. The van der Waals surface area contributed by atoms with Crippen molar-refractivity contribution in [2.24, 2.45) is 0 Å². The topological polar surface area (TPSA) is 18.5 Å². The molecule has 2 nitrogen and oxygen atoms in total. The maximum absolute atomic E-state index is 5.70. The van der Waals surface area contributed by atoms with Crippen molar-refractivity contribution in [3.8, 4) is 0 Å². The highest BCUT2D eigenvalue weighted by atomic mass is 32.0. The number of allylic oxidation sites excluding steroid dienone is 9. The molecule has 0 heterocycles. The Hall–Kier alpha value is -0.350. The van der Waals surface area contributed by atoms with Gasteiger partial charge < -0.3 is 9.05 Å². The van der Waals surface area contributed by atoms with Gasteiger partial charge in [0.1, 0.15) is 0 Å². The van der Waals surface area contributed by atoms with Crippen LogP contribution in [0.25, 0.3) is 0 Å². The van der Waals surface area contributed by atoms with E-state index in [9.17, 15) is 0 Å². The van der Waals surface area contributed by atoms with Gasteiger partial charge in [-0.15, -0.1) is 0 Å². The van der Waals surface area contributed by atoms with Gasteiger partial charge in [-0.2, -0.15) is 0 Å². The van der Waals surface area contributed by atoms with Crippen molar-refractivity contribution in [3.63, 3.8) is 0 Å². The minimum absolute atomic E-state index is 0.163. The van der Waals surface area contributed by atoms with Crippen LogP contribution in [0.4, 0.5) is 0 Å². The minimum atomic E-state index is 0.163. The Morgan fingerprint density at radius 2 is 1.44 bits per heavy atom. The summed E-state index contributed by atoms with van der Waals surface area (Å²) in [7, 11) is 5.42. The van der Waals surface area contributed by atoms with Gasteiger partial charge in [-0.25, -0.2) is 0 Å². The average Bonchev–Trinajstić information content (AvgIpc) is 2.68. The molecule has 0 saturated carbocycles. The highest BCUT2D eigenvalue weighted by molar-refractivity contribution is 8.00. The lowest BCUT2D eigenvalue weighted by Crippen LogP contribution is -2.01. The summed E-state index contributed by atoms with van der Waals surface area (Å²) < 4.78 is 11.0. The van der Waals surface area contributed by atoms with Crippen molar-refractivity contribution in [2.75, 3.05) is 0 Å². The second kappa shape index (κ2) is 21.9. The third-order valence-corrected chi connectivity index (χ3v) is 4.79. The Bertz CT molecular complexity index is 494. The van der Waals surface area contributed by atoms with E-state index in [1.54, 1.807) is 0 Å². The molecule has 0 bridgehead atoms. The van der Waals surface area contributed by atoms with Crippen LogP contribution in [0.1, 0.15) is 52.4 Å². The van der Waals surface area contributed by atoms with Crippen molar-refractivity contribution in [1.29, 1.82) is 0 Å². The minimum Gasteiger partial charge on any atom is -0.358 e. The third-order valence-electron chi connectivity index (χ3n) is 3.60. The molecule has 0 spiro atoms. The van der Waals surface area contributed by atoms with E-state index >= 15 is 0 Å². The van der Waals surface area contributed by atoms with Gasteiger partial charge in [0.15, 0.2) is 0 Å². The van der Waals surface area contributed by atoms with Crippen LogP contribution < -0.4 is 0 Å². The van der Waals surface area contributed by atoms with Crippen molar-refractivity contribution in [2.45, 2.75) is 64.6 Å². The van der Waals surface area contributed by atoms with Crippen LogP contribution in [-0.2, 0) is 9.05 Å². The van der Waals surface area contributed by atoms with Gasteiger partial charge in [0.05, 0.1) is 12.2 Å². The Kier molecular flexibility index (Phi) is 21.7. The normalized spacial score (nSPS) is 16.0. The molecule has 0 aromatic rings. The Labute approximate surface area is 173 Å². The maximum Gasteiger partial charge on any atom is 0.0836 e. The van der Waals surface area contributed by atoms with Crippen molar-refractivity contribution >= 4 is 26.9 Å². The predicted molar refractivity (Wildman–Crippen MR) is 131 cm³/mol. The van der Waals surface area contributed by atoms with Crippen molar-refractivity contribution < 1.29 is 9.05 Å². The van der Waals surface area contributed by atoms with Gasteiger partial charge in [-0.05, 0) is 32.1 Å². The van der Waals surface area contributed by atoms with Gasteiger partial charge in [0, 0.05) is 18.0 Å². The third kappa shape index (κ3) is 18.8. The Morgan fingerprint density at radius 3 is 1.96 bits per heavy atom. The molecule has 0 N–H and O–H groups in total. The number of rotatable bonds is 16. The summed E-state index contributed by atoms with van der Waals surface area (Å²) >= 11 is 0. The van der Waals surface area contributed by atoms with Gasteiger partial charge in [0.2, 0.25) is 0 Å². The van der Waals surface area contributed by atoms with Crippen molar-refractivity contribution in [1.82, 2.24) is 0 Å². The maximum atomic E-state index is 5.70. The first-order valence-electron chi connectivity index (χ1n) is 9.71. The lowest BCUT2D eigenvalue weighted by atomic mass is 10.2. The summed E-state index contributed by atoms with van der Waals surface area (Å²) in [6.45, 7) is 4.31. The second-order valence-electron chi connectivity index (χ2n) is 5.92. The van der Waals surface area contributed by atoms with Crippen LogP contribution >= 0.6 is 26.9 Å². The quantitative estimate of drug-likeness (QED) is 0.143. The van der Waals surface area contributed by atoms with Crippen molar-refractivity contribution in [3.05, 3.63) is 72.9 Å². The van der Waals surface area contributed by atoms with E-state index in [0.717, 1.165) is 38.5 Å². The lowest BCUT2D eigenvalue weighted by Gasteiger charge is -2.09. The first-order chi connectivity index (χ1) is 13.3. The molecule has 0 fully saturated rings. The molecule has 0 aromatic heterocycles. The van der Waals surface area contributed by atoms with E-state index in [4.69, 9.17) is 9.05 Å². The zero-order chi connectivity index (χ0) is 20.0. The SMILES string of the molecule is CC/C=C\CC(/C=C/C=C\C/C=C\C/C=C\C=C\C(CCC)OP)OPP. The van der Waals surface area contributed by atoms with Crippen LogP contribution in [0.15, 0.2) is 72.9 Å². The first kappa shape index (κ1) is 26.6. The zero-order valence-electron chi connectivity index (χ0n) is 16.8. The summed E-state index contributed by atoms with van der Waals surface area (Å²) in [6, 6.07) is 0. The molecule has 0 aromatic carbocycles. The van der Waals surface area contributed by atoms with E-state index in [1.165, 1.54) is 0 Å². The first-order valence-corrected chi connectivity index (χ1v) is 12.9. The monoisotopic (exact) mass is 426 g/mol. The Balaban J connectivity index is 4.01. The molecule has 0 amide bonds. The highest BCUT2D eigenvalue weighted by Gasteiger charge is 2.00. The molecule has 5 heteroatoms. The largest absolute Gasteiger partial charge is 0.358 e. The summed E-state index contributed by atoms with van der Waals surface area (Å²) in [5, 5.41) is 0. The standard InChI is InChI=1S/C22H37O2P3/c1-3-5-14-19-22(24-27-26)20-16-13-11-9-7-6-8-10-12-15-18-21(23-25)17-4-2/h5-7,10-16,18,20-22,27H,3-4,8-9,17,19,25-26H2,1-2H3/b7-6-,12-10-,13-11-,14-5-,18-15+,20-16+. The second-order valence-corrected chi connectivity index (χ2v) is 7.37. The summed E-state index contributed by atoms with van der Waals surface area (Å²) in [6.07, 6.45) is 32.0. The fourth-order valence-electron chi connectivity index (χ4n) is 2.18. The summed E-state index contributed by atoms with van der Waals surface area (Å²) in [5.41, 5.74) is 0. The average molecular weight is 426 g/mol. The van der Waals surface area contributed by atoms with Crippen LogP contribution in [0.2, 0.25) is 0 Å². The molecule has 5 unspecified atom stereocenters. The van der Waals surface area contributed by atoms with Crippen LogP contribution in [-0.4, -0.2) is 12.2 Å². The van der Waals surface area contributed by atoms with E-state index in [1.807, 2.05) is 0 Å². The van der Waals surface area contributed by atoms with Gasteiger partial charge >= 0.3 is 0 Å². The summed E-state index contributed by atoms with van der Waals surface area (Å²) in [4.78, 5) is 0. The van der Waals surface area contributed by atoms with E-state index < -0.39 is 0 Å². The molecule has 0 radical (unpaired) electrons. The lowest BCUT2D eigenvalue weighted by molar-refractivity contribution is 0.279. The molecule has 0 aliphatic carbocycles. The number of hydrogen-bond acceptors (Lipinski definition) is 2. The van der Waals surface area contributed by atoms with Gasteiger partial charge in [-0.1, -0.05) is 102 Å². The molecular formula is C22H37O2P3. The smallest absolute Gasteiger partial charge is 0.0836 e. The summed E-state index contributed by atoms with van der Waals surface area (Å²) in [5.74, 6) is 0. The highest BCUT2D eigenvalue weighted by Crippen LogP contribution is 2.25. The van der Waals surface area contributed by atoms with Crippen LogP contribution in [0, 0.1) is 0 Å². The molecule has 0 rings (SSSR count). The molecular weight excluding hydrogens is 389 g/mol. The van der Waals surface area contributed by atoms with Crippen LogP contribution in [0.5, 0.6) is 0 Å². The fraction of sp³-hybridized carbons (Fsp3) is 0.455. The molecule has 0 aliphatic rings. The fourth-order valence-corrected chi connectivity index (χ4v) is 3.29. The van der Waals surface area contributed by atoms with E-state index in [0.29, 0.717) is 8.50 Å². The Morgan fingerprint density at radius 1 is 0.815 bits per heavy atom. The molecule has 27 heavy (non-hydrogen) atoms. The molecule has 5 atom stereocenters. The van der Waals surface area contributed by atoms with E-state index in [-0.39, 0.29) is 12.2 Å².